The van der Waals surface area contributed by atoms with Crippen molar-refractivity contribution in [3.8, 4) is 11.6 Å². The van der Waals surface area contributed by atoms with Crippen LogP contribution in [-0.4, -0.2) is 17.0 Å². The Morgan fingerprint density at radius 2 is 2.05 bits per heavy atom. The standard InChI is InChI=1S/C12H10BrN3O3/c1-14-9-2-4-10(5-3-9)19-12-11(16(17)18)6-8(13)7-15-12/h2-7,14H,1H3. The van der Waals surface area contributed by atoms with Crippen molar-refractivity contribution in [2.24, 2.45) is 0 Å². The van der Waals surface area contributed by atoms with Gasteiger partial charge in [-0.3, -0.25) is 10.1 Å². The lowest BCUT2D eigenvalue weighted by Gasteiger charge is -2.06. The van der Waals surface area contributed by atoms with Crippen LogP contribution in [0, 0.1) is 10.1 Å². The highest BCUT2D eigenvalue weighted by molar-refractivity contribution is 9.10. The van der Waals surface area contributed by atoms with E-state index in [-0.39, 0.29) is 11.6 Å². The minimum atomic E-state index is -0.533. The third-order valence-electron chi connectivity index (χ3n) is 2.35. The zero-order valence-electron chi connectivity index (χ0n) is 9.96. The molecule has 19 heavy (non-hydrogen) atoms. The van der Waals surface area contributed by atoms with E-state index < -0.39 is 4.92 Å². The van der Waals surface area contributed by atoms with Crippen LogP contribution in [-0.2, 0) is 0 Å². The highest BCUT2D eigenvalue weighted by Crippen LogP contribution is 2.31. The van der Waals surface area contributed by atoms with Gasteiger partial charge in [-0.1, -0.05) is 0 Å². The number of ether oxygens (including phenoxy) is 1. The number of hydrogen-bond acceptors (Lipinski definition) is 5. The van der Waals surface area contributed by atoms with Gasteiger partial charge in [-0.15, -0.1) is 0 Å². The first-order valence-electron chi connectivity index (χ1n) is 5.36. The van der Waals surface area contributed by atoms with Crippen LogP contribution >= 0.6 is 15.9 Å². The summed E-state index contributed by atoms with van der Waals surface area (Å²) in [6.07, 6.45) is 1.45. The van der Waals surface area contributed by atoms with Gasteiger partial charge in [0.1, 0.15) is 5.75 Å². The lowest BCUT2D eigenvalue weighted by atomic mass is 10.3. The van der Waals surface area contributed by atoms with E-state index in [2.05, 4.69) is 26.2 Å². The van der Waals surface area contributed by atoms with Gasteiger partial charge in [0.25, 0.3) is 5.88 Å². The van der Waals surface area contributed by atoms with Gasteiger partial charge in [0.2, 0.25) is 0 Å². The Morgan fingerprint density at radius 1 is 1.37 bits per heavy atom. The maximum atomic E-state index is 10.9. The molecular formula is C12H10BrN3O3. The topological polar surface area (TPSA) is 77.3 Å². The van der Waals surface area contributed by atoms with Crippen LogP contribution < -0.4 is 10.1 Å². The largest absolute Gasteiger partial charge is 0.434 e. The van der Waals surface area contributed by atoms with E-state index in [1.807, 2.05) is 0 Å². The van der Waals surface area contributed by atoms with Gasteiger partial charge in [-0.05, 0) is 40.2 Å². The smallest absolute Gasteiger partial charge is 0.332 e. The SMILES string of the molecule is CNc1ccc(Oc2ncc(Br)cc2[N+](=O)[O-])cc1. The number of aromatic nitrogens is 1. The maximum absolute atomic E-state index is 10.9. The third kappa shape index (κ3) is 3.19. The van der Waals surface area contributed by atoms with Gasteiger partial charge in [0, 0.05) is 29.5 Å². The van der Waals surface area contributed by atoms with Gasteiger partial charge in [-0.25, -0.2) is 4.98 Å². The number of pyridine rings is 1. The first-order valence-corrected chi connectivity index (χ1v) is 6.15. The first-order chi connectivity index (χ1) is 9.10. The number of hydrogen-bond donors (Lipinski definition) is 1. The fourth-order valence-corrected chi connectivity index (χ4v) is 1.75. The Kier molecular flexibility index (Phi) is 3.96. The lowest BCUT2D eigenvalue weighted by molar-refractivity contribution is -0.386. The summed E-state index contributed by atoms with van der Waals surface area (Å²) in [5.74, 6) is 0.447. The van der Waals surface area contributed by atoms with Crippen molar-refractivity contribution < 1.29 is 9.66 Å². The van der Waals surface area contributed by atoms with Gasteiger partial charge in [-0.2, -0.15) is 0 Å². The Balaban J connectivity index is 2.29. The van der Waals surface area contributed by atoms with E-state index in [1.165, 1.54) is 12.3 Å². The number of benzene rings is 1. The molecule has 0 aliphatic carbocycles. The molecule has 2 aromatic rings. The van der Waals surface area contributed by atoms with Crippen LogP contribution in [0.2, 0.25) is 0 Å². The molecule has 6 nitrogen and oxygen atoms in total. The number of nitro groups is 1. The van der Waals surface area contributed by atoms with Crippen molar-refractivity contribution in [1.82, 2.24) is 4.98 Å². The van der Waals surface area contributed by atoms with Crippen molar-refractivity contribution >= 4 is 27.3 Å². The molecule has 0 amide bonds. The molecule has 0 unspecified atom stereocenters. The normalized spacial score (nSPS) is 10.0. The average molecular weight is 324 g/mol. The number of nitrogens with zero attached hydrogens (tertiary/aromatic N) is 2. The Morgan fingerprint density at radius 3 is 2.63 bits per heavy atom. The molecule has 0 spiro atoms. The number of nitrogens with one attached hydrogen (secondary N) is 1. The summed E-state index contributed by atoms with van der Waals surface area (Å²) in [6.45, 7) is 0. The third-order valence-corrected chi connectivity index (χ3v) is 2.79. The molecule has 0 saturated carbocycles. The highest BCUT2D eigenvalue weighted by atomic mass is 79.9. The Labute approximate surface area is 117 Å². The summed E-state index contributed by atoms with van der Waals surface area (Å²) in [5.41, 5.74) is 0.734. The van der Waals surface area contributed by atoms with Crippen LogP contribution in [0.3, 0.4) is 0 Å². The van der Waals surface area contributed by atoms with E-state index >= 15 is 0 Å². The molecule has 1 heterocycles. The molecule has 0 aliphatic heterocycles. The second-order valence-electron chi connectivity index (χ2n) is 3.61. The number of halogens is 1. The Hall–Kier alpha value is -2.15. The predicted octanol–water partition coefficient (Wildman–Crippen LogP) is 3.59. The van der Waals surface area contributed by atoms with E-state index in [9.17, 15) is 10.1 Å². The van der Waals surface area contributed by atoms with Gasteiger partial charge in [0.15, 0.2) is 0 Å². The molecular weight excluding hydrogens is 314 g/mol. The summed E-state index contributed by atoms with van der Waals surface area (Å²) < 4.78 is 5.95. The second kappa shape index (κ2) is 5.66. The fraction of sp³-hybridized carbons (Fsp3) is 0.0833. The Bertz CT molecular complexity index is 602. The highest BCUT2D eigenvalue weighted by Gasteiger charge is 2.18. The summed E-state index contributed by atoms with van der Waals surface area (Å²) >= 11 is 3.14. The summed E-state index contributed by atoms with van der Waals surface area (Å²) in [5, 5.41) is 13.9. The van der Waals surface area contributed by atoms with Crippen molar-refractivity contribution in [2.75, 3.05) is 12.4 Å². The molecule has 2 rings (SSSR count). The van der Waals surface area contributed by atoms with Crippen LogP contribution in [0.4, 0.5) is 11.4 Å². The minimum absolute atomic E-state index is 0.0367. The molecule has 1 aromatic heterocycles. The van der Waals surface area contributed by atoms with Crippen molar-refractivity contribution in [2.45, 2.75) is 0 Å². The molecule has 98 valence electrons. The first kappa shape index (κ1) is 13.3. The quantitative estimate of drug-likeness (QED) is 0.687. The fourth-order valence-electron chi connectivity index (χ4n) is 1.43. The van der Waals surface area contributed by atoms with Crippen molar-refractivity contribution in [3.05, 3.63) is 51.1 Å². The van der Waals surface area contributed by atoms with Crippen molar-refractivity contribution in [3.63, 3.8) is 0 Å². The van der Waals surface area contributed by atoms with Crippen LogP contribution in [0.5, 0.6) is 11.6 Å². The molecule has 0 aliphatic rings. The number of anilines is 1. The van der Waals surface area contributed by atoms with E-state index in [1.54, 1.807) is 31.3 Å². The summed E-state index contributed by atoms with van der Waals surface area (Å²) in [6, 6.07) is 8.38. The van der Waals surface area contributed by atoms with E-state index in [0.29, 0.717) is 10.2 Å². The molecule has 0 atom stereocenters. The van der Waals surface area contributed by atoms with Gasteiger partial charge in [0.05, 0.1) is 4.92 Å². The zero-order valence-corrected chi connectivity index (χ0v) is 11.5. The van der Waals surface area contributed by atoms with Crippen LogP contribution in [0.15, 0.2) is 41.0 Å². The minimum Gasteiger partial charge on any atom is -0.434 e. The van der Waals surface area contributed by atoms with Crippen LogP contribution in [0.25, 0.3) is 0 Å². The maximum Gasteiger partial charge on any atom is 0.332 e. The number of rotatable bonds is 4. The average Bonchev–Trinajstić information content (AvgIpc) is 2.41. The monoisotopic (exact) mass is 323 g/mol. The molecule has 0 radical (unpaired) electrons. The lowest BCUT2D eigenvalue weighted by Crippen LogP contribution is -1.96. The molecule has 7 heteroatoms. The summed E-state index contributed by atoms with van der Waals surface area (Å²) in [4.78, 5) is 14.3. The van der Waals surface area contributed by atoms with E-state index in [0.717, 1.165) is 5.69 Å². The van der Waals surface area contributed by atoms with Gasteiger partial charge < -0.3 is 10.1 Å². The predicted molar refractivity (Wildman–Crippen MR) is 74.7 cm³/mol. The molecule has 0 fully saturated rings. The molecule has 0 saturated heterocycles. The van der Waals surface area contributed by atoms with Crippen molar-refractivity contribution in [1.29, 1.82) is 0 Å². The summed E-state index contributed by atoms with van der Waals surface area (Å²) in [7, 11) is 1.80. The van der Waals surface area contributed by atoms with Crippen LogP contribution in [0.1, 0.15) is 0 Å². The molecule has 1 aromatic carbocycles. The second-order valence-corrected chi connectivity index (χ2v) is 4.53. The molecule has 0 bridgehead atoms. The van der Waals surface area contributed by atoms with Gasteiger partial charge >= 0.3 is 5.69 Å². The van der Waals surface area contributed by atoms with E-state index in [4.69, 9.17) is 4.74 Å². The molecule has 1 N–H and O–H groups in total. The zero-order chi connectivity index (χ0) is 13.8.